The second kappa shape index (κ2) is 5.11. The molecule has 0 bridgehead atoms. The van der Waals surface area contributed by atoms with Crippen molar-refractivity contribution in [2.45, 2.75) is 58.3 Å². The zero-order valence-corrected chi connectivity index (χ0v) is 13.7. The molecule has 1 amide bonds. The van der Waals surface area contributed by atoms with E-state index in [2.05, 4.69) is 33.9 Å². The molecule has 4 nitrogen and oxygen atoms in total. The van der Waals surface area contributed by atoms with Crippen LogP contribution >= 0.6 is 0 Å². The van der Waals surface area contributed by atoms with Gasteiger partial charge >= 0.3 is 0 Å². The quantitative estimate of drug-likeness (QED) is 0.373. The summed E-state index contributed by atoms with van der Waals surface area (Å²) in [4.78, 5) is 23.9. The Morgan fingerprint density at radius 3 is 2.32 bits per heavy atom. The van der Waals surface area contributed by atoms with E-state index in [1.165, 1.54) is 6.92 Å². The second-order valence-corrected chi connectivity index (χ2v) is 11.9. The fourth-order valence-corrected chi connectivity index (χ4v) is 4.98. The van der Waals surface area contributed by atoms with Crippen LogP contribution in [0.25, 0.3) is 0 Å². The standard InChI is InChI=1S/C14H25NO3Si/c1-10(17)12-11(8-7-9-16)15(13(12)18)19(5,6)14(2,3)4/h7,9,11-12,16H,8H2,1-6H3. The van der Waals surface area contributed by atoms with Gasteiger partial charge in [-0.25, -0.2) is 0 Å². The topological polar surface area (TPSA) is 57.6 Å². The molecule has 0 spiro atoms. The summed E-state index contributed by atoms with van der Waals surface area (Å²) >= 11 is 0. The second-order valence-electron chi connectivity index (χ2n) is 6.79. The summed E-state index contributed by atoms with van der Waals surface area (Å²) in [6.07, 6.45) is 3.15. The highest BCUT2D eigenvalue weighted by Gasteiger charge is 2.58. The third-order valence-electron chi connectivity index (χ3n) is 4.58. The maximum absolute atomic E-state index is 12.3. The lowest BCUT2D eigenvalue weighted by atomic mass is 9.85. The molecule has 1 heterocycles. The predicted octanol–water partition coefficient (Wildman–Crippen LogP) is 2.87. The molecular weight excluding hydrogens is 258 g/mol. The highest BCUT2D eigenvalue weighted by molar-refractivity contribution is 6.80. The molecule has 19 heavy (non-hydrogen) atoms. The normalized spacial score (nSPS) is 24.7. The number of ketones is 1. The Bertz CT molecular complexity index is 409. The number of carbonyl (C=O) groups is 2. The summed E-state index contributed by atoms with van der Waals surface area (Å²) in [6.45, 7) is 12.2. The van der Waals surface area contributed by atoms with Gasteiger partial charge in [0, 0.05) is 6.04 Å². The lowest BCUT2D eigenvalue weighted by molar-refractivity contribution is -0.153. The Balaban J connectivity index is 3.06. The maximum atomic E-state index is 12.3. The highest BCUT2D eigenvalue weighted by Crippen LogP contribution is 2.45. The molecule has 5 heteroatoms. The van der Waals surface area contributed by atoms with Gasteiger partial charge in [-0.15, -0.1) is 0 Å². The van der Waals surface area contributed by atoms with Crippen molar-refractivity contribution in [1.82, 2.24) is 4.57 Å². The molecule has 0 saturated carbocycles. The fraction of sp³-hybridized carbons (Fsp3) is 0.714. The number of rotatable bonds is 4. The summed E-state index contributed by atoms with van der Waals surface area (Å²) < 4.78 is 1.94. The van der Waals surface area contributed by atoms with Crippen molar-refractivity contribution >= 4 is 19.9 Å². The first kappa shape index (κ1) is 16.0. The molecule has 1 fully saturated rings. The van der Waals surface area contributed by atoms with Crippen LogP contribution in [0.2, 0.25) is 18.1 Å². The molecule has 1 N–H and O–H groups in total. The van der Waals surface area contributed by atoms with Gasteiger partial charge in [0.2, 0.25) is 5.91 Å². The smallest absolute Gasteiger partial charge is 0.227 e. The van der Waals surface area contributed by atoms with Crippen molar-refractivity contribution < 1.29 is 14.7 Å². The number of carbonyl (C=O) groups excluding carboxylic acids is 2. The van der Waals surface area contributed by atoms with Crippen LogP contribution in [0.1, 0.15) is 34.1 Å². The number of β-lactam (4-membered cyclic amide) rings is 1. The summed E-state index contributed by atoms with van der Waals surface area (Å²) in [7, 11) is -1.97. The first-order chi connectivity index (χ1) is 8.55. The minimum absolute atomic E-state index is 0.0320. The van der Waals surface area contributed by atoms with Gasteiger partial charge in [-0.05, 0) is 24.5 Å². The van der Waals surface area contributed by atoms with Gasteiger partial charge in [-0.3, -0.25) is 9.59 Å². The van der Waals surface area contributed by atoms with Crippen molar-refractivity contribution in [3.05, 3.63) is 12.3 Å². The Hall–Kier alpha value is -1.10. The van der Waals surface area contributed by atoms with E-state index >= 15 is 0 Å². The lowest BCUT2D eigenvalue weighted by Crippen LogP contribution is -2.73. The van der Waals surface area contributed by atoms with E-state index < -0.39 is 14.2 Å². The van der Waals surface area contributed by atoms with Crippen LogP contribution in [0.15, 0.2) is 12.3 Å². The Morgan fingerprint density at radius 1 is 1.42 bits per heavy atom. The fourth-order valence-electron chi connectivity index (χ4n) is 2.48. The van der Waals surface area contributed by atoms with Crippen LogP contribution in [-0.2, 0) is 9.59 Å². The van der Waals surface area contributed by atoms with Gasteiger partial charge in [0.1, 0.15) is 11.7 Å². The van der Waals surface area contributed by atoms with Gasteiger partial charge in [0.15, 0.2) is 8.24 Å². The average Bonchev–Trinajstić information content (AvgIpc) is 2.20. The molecule has 1 aliphatic rings. The van der Waals surface area contributed by atoms with Gasteiger partial charge in [-0.2, -0.15) is 0 Å². The van der Waals surface area contributed by atoms with E-state index in [0.29, 0.717) is 6.42 Å². The molecule has 2 unspecified atom stereocenters. The monoisotopic (exact) mass is 283 g/mol. The molecule has 0 aromatic carbocycles. The van der Waals surface area contributed by atoms with Gasteiger partial charge < -0.3 is 9.67 Å². The van der Waals surface area contributed by atoms with E-state index in [1.807, 2.05) is 4.57 Å². The van der Waals surface area contributed by atoms with Crippen molar-refractivity contribution in [2.24, 2.45) is 5.92 Å². The van der Waals surface area contributed by atoms with Crippen LogP contribution in [0.3, 0.4) is 0 Å². The summed E-state index contributed by atoms with van der Waals surface area (Å²) in [5.41, 5.74) is 0. The van der Waals surface area contributed by atoms with Gasteiger partial charge in [0.05, 0.1) is 6.26 Å². The minimum atomic E-state index is -1.97. The number of amides is 1. The van der Waals surface area contributed by atoms with E-state index in [0.717, 1.165) is 6.26 Å². The van der Waals surface area contributed by atoms with Crippen LogP contribution < -0.4 is 0 Å². The van der Waals surface area contributed by atoms with Crippen LogP contribution in [-0.4, -0.2) is 35.6 Å². The number of Topliss-reactive ketones (excluding diaryl/α,β-unsaturated/α-hetero) is 1. The van der Waals surface area contributed by atoms with E-state index in [-0.39, 0.29) is 22.8 Å². The third kappa shape index (κ3) is 2.61. The molecule has 2 atom stereocenters. The Kier molecular flexibility index (Phi) is 4.29. The molecule has 0 radical (unpaired) electrons. The third-order valence-corrected chi connectivity index (χ3v) is 10.0. The minimum Gasteiger partial charge on any atom is -0.516 e. The van der Waals surface area contributed by atoms with E-state index in [9.17, 15) is 9.59 Å². The first-order valence-electron chi connectivity index (χ1n) is 6.68. The molecule has 0 aromatic heterocycles. The maximum Gasteiger partial charge on any atom is 0.227 e. The summed E-state index contributed by atoms with van der Waals surface area (Å²) in [5, 5.41) is 8.86. The first-order valence-corrected chi connectivity index (χ1v) is 9.63. The zero-order chi connectivity index (χ0) is 15.0. The lowest BCUT2D eigenvalue weighted by Gasteiger charge is -2.57. The van der Waals surface area contributed by atoms with Crippen molar-refractivity contribution in [1.29, 1.82) is 0 Å². The summed E-state index contributed by atoms with van der Waals surface area (Å²) in [5.74, 6) is -0.628. The molecule has 1 rings (SSSR count). The van der Waals surface area contributed by atoms with Crippen molar-refractivity contribution in [3.63, 3.8) is 0 Å². The van der Waals surface area contributed by atoms with Gasteiger partial charge in [0.25, 0.3) is 0 Å². The summed E-state index contributed by atoms with van der Waals surface area (Å²) in [6, 6.07) is -0.0886. The SMILES string of the molecule is CC(=O)C1C(=O)N([Si](C)(C)C(C)(C)C)C1CC=CO. The number of aliphatic hydroxyl groups is 1. The number of hydrogen-bond acceptors (Lipinski definition) is 3. The number of aliphatic hydroxyl groups excluding tert-OH is 1. The van der Waals surface area contributed by atoms with Crippen LogP contribution in [0.5, 0.6) is 0 Å². The van der Waals surface area contributed by atoms with Gasteiger partial charge in [-0.1, -0.05) is 33.9 Å². The van der Waals surface area contributed by atoms with Crippen molar-refractivity contribution in [2.75, 3.05) is 0 Å². The Labute approximate surface area is 116 Å². The average molecular weight is 283 g/mol. The molecule has 0 aromatic rings. The van der Waals surface area contributed by atoms with E-state index in [4.69, 9.17) is 5.11 Å². The molecular formula is C14H25NO3Si. The van der Waals surface area contributed by atoms with Crippen LogP contribution in [0, 0.1) is 5.92 Å². The number of nitrogens with zero attached hydrogens (tertiary/aromatic N) is 1. The zero-order valence-electron chi connectivity index (χ0n) is 12.7. The molecule has 1 saturated heterocycles. The Morgan fingerprint density at radius 2 is 1.95 bits per heavy atom. The molecule has 1 aliphatic heterocycles. The predicted molar refractivity (Wildman–Crippen MR) is 78.4 cm³/mol. The highest BCUT2D eigenvalue weighted by atomic mass is 28.3. The molecule has 108 valence electrons. The number of hydrogen-bond donors (Lipinski definition) is 1. The largest absolute Gasteiger partial charge is 0.516 e. The molecule has 0 aliphatic carbocycles. The van der Waals surface area contributed by atoms with E-state index in [1.54, 1.807) is 6.08 Å². The van der Waals surface area contributed by atoms with Crippen LogP contribution in [0.4, 0.5) is 0 Å². The van der Waals surface area contributed by atoms with Crippen molar-refractivity contribution in [3.8, 4) is 0 Å².